The number of carbonyl (C=O) groups is 1. The molecular weight excluding hydrogens is 265 g/mol. The fourth-order valence-corrected chi connectivity index (χ4v) is 2.02. The van der Waals surface area contributed by atoms with Crippen LogP contribution in [0.5, 0.6) is 0 Å². The van der Waals surface area contributed by atoms with Gasteiger partial charge in [-0.05, 0) is 24.4 Å². The lowest BCUT2D eigenvalue weighted by atomic mass is 10.3. The van der Waals surface area contributed by atoms with Crippen LogP contribution in [-0.4, -0.2) is 35.2 Å². The van der Waals surface area contributed by atoms with E-state index in [1.807, 2.05) is 0 Å². The van der Waals surface area contributed by atoms with E-state index >= 15 is 0 Å². The molecule has 0 spiro atoms. The number of hydrogen-bond acceptors (Lipinski definition) is 2. The molecule has 1 fully saturated rings. The van der Waals surface area contributed by atoms with Crippen molar-refractivity contribution in [2.45, 2.75) is 6.18 Å². The first-order chi connectivity index (χ1) is 8.38. The molecule has 1 aromatic carbocycles. The molecule has 0 atom stereocenters. The molecular formula is C11H9F3N2OS. The number of carbonyl (C=O) groups excluding carboxylic acids is 1. The summed E-state index contributed by atoms with van der Waals surface area (Å²) >= 11 is 4.92. The predicted molar refractivity (Wildman–Crippen MR) is 64.2 cm³/mol. The molecule has 0 bridgehead atoms. The highest BCUT2D eigenvalue weighted by molar-refractivity contribution is 7.80. The second kappa shape index (κ2) is 4.56. The fourth-order valence-electron chi connectivity index (χ4n) is 1.69. The van der Waals surface area contributed by atoms with Crippen molar-refractivity contribution in [3.05, 3.63) is 30.3 Å². The van der Waals surface area contributed by atoms with E-state index in [0.717, 1.165) is 0 Å². The van der Waals surface area contributed by atoms with Crippen LogP contribution in [0.4, 0.5) is 18.9 Å². The Labute approximate surface area is 107 Å². The number of benzene rings is 1. The number of nitrogens with zero attached hydrogens (tertiary/aromatic N) is 2. The highest BCUT2D eigenvalue weighted by atomic mass is 32.1. The topological polar surface area (TPSA) is 23.6 Å². The molecule has 1 saturated heterocycles. The van der Waals surface area contributed by atoms with Crippen LogP contribution in [0.1, 0.15) is 0 Å². The predicted octanol–water partition coefficient (Wildman–Crippen LogP) is 2.18. The third-order valence-electron chi connectivity index (χ3n) is 2.46. The summed E-state index contributed by atoms with van der Waals surface area (Å²) in [5, 5.41) is -0.108. The van der Waals surface area contributed by atoms with Crippen LogP contribution in [-0.2, 0) is 4.79 Å². The van der Waals surface area contributed by atoms with Crippen molar-refractivity contribution in [1.29, 1.82) is 0 Å². The Bertz CT molecular complexity index is 475. The second-order valence-electron chi connectivity index (χ2n) is 3.80. The van der Waals surface area contributed by atoms with Crippen LogP contribution < -0.4 is 4.90 Å². The molecule has 0 unspecified atom stereocenters. The van der Waals surface area contributed by atoms with Gasteiger partial charge >= 0.3 is 6.18 Å². The van der Waals surface area contributed by atoms with Crippen LogP contribution >= 0.6 is 12.2 Å². The molecule has 0 aromatic heterocycles. The van der Waals surface area contributed by atoms with E-state index in [4.69, 9.17) is 12.2 Å². The fraction of sp³-hybridized carbons (Fsp3) is 0.273. The molecule has 3 nitrogen and oxygen atoms in total. The third-order valence-corrected chi connectivity index (χ3v) is 2.90. The van der Waals surface area contributed by atoms with Gasteiger partial charge in [-0.3, -0.25) is 9.69 Å². The van der Waals surface area contributed by atoms with Gasteiger partial charge in [-0.1, -0.05) is 18.2 Å². The smallest absolute Gasteiger partial charge is 0.309 e. The van der Waals surface area contributed by atoms with Gasteiger partial charge < -0.3 is 4.90 Å². The Morgan fingerprint density at radius 2 is 1.83 bits per heavy atom. The van der Waals surface area contributed by atoms with Gasteiger partial charge in [0.15, 0.2) is 5.11 Å². The number of alkyl halides is 3. The first kappa shape index (κ1) is 12.8. The first-order valence-corrected chi connectivity index (χ1v) is 5.53. The Hall–Kier alpha value is -1.63. The molecule has 0 N–H and O–H groups in total. The largest absolute Gasteiger partial charge is 0.406 e. The van der Waals surface area contributed by atoms with Gasteiger partial charge in [0.25, 0.3) is 0 Å². The van der Waals surface area contributed by atoms with Crippen molar-refractivity contribution in [2.24, 2.45) is 0 Å². The van der Waals surface area contributed by atoms with Crippen molar-refractivity contribution in [2.75, 3.05) is 18.0 Å². The summed E-state index contributed by atoms with van der Waals surface area (Å²) in [7, 11) is 0. The average Bonchev–Trinajstić information content (AvgIpc) is 2.56. The van der Waals surface area contributed by atoms with E-state index < -0.39 is 18.6 Å². The number of amides is 1. The Morgan fingerprint density at radius 3 is 2.39 bits per heavy atom. The molecule has 1 aliphatic heterocycles. The van der Waals surface area contributed by atoms with Crippen molar-refractivity contribution in [1.82, 2.24) is 4.90 Å². The molecule has 0 radical (unpaired) electrons. The van der Waals surface area contributed by atoms with Crippen LogP contribution in [0, 0.1) is 0 Å². The number of hydrogen-bond donors (Lipinski definition) is 0. The zero-order valence-corrected chi connectivity index (χ0v) is 9.96. The summed E-state index contributed by atoms with van der Waals surface area (Å²) in [5.74, 6) is -0.638. The van der Waals surface area contributed by atoms with Crippen LogP contribution in [0.25, 0.3) is 0 Å². The lowest BCUT2D eigenvalue weighted by Gasteiger charge is -2.21. The lowest BCUT2D eigenvalue weighted by Crippen LogP contribution is -2.39. The van der Waals surface area contributed by atoms with E-state index in [-0.39, 0.29) is 11.7 Å². The maximum absolute atomic E-state index is 12.3. The van der Waals surface area contributed by atoms with Crippen LogP contribution in [0.2, 0.25) is 0 Å². The highest BCUT2D eigenvalue weighted by Crippen LogP contribution is 2.24. The summed E-state index contributed by atoms with van der Waals surface area (Å²) in [4.78, 5) is 13.5. The molecule has 0 saturated carbocycles. The Kier molecular flexibility index (Phi) is 3.25. The normalized spacial score (nSPS) is 16.6. The SMILES string of the molecule is O=C1CN(c2ccccc2)C(=S)N1CC(F)(F)F. The summed E-state index contributed by atoms with van der Waals surface area (Å²) in [6, 6.07) is 8.62. The molecule has 7 heteroatoms. The minimum atomic E-state index is -4.45. The zero-order chi connectivity index (χ0) is 13.3. The van der Waals surface area contributed by atoms with Crippen molar-refractivity contribution < 1.29 is 18.0 Å². The maximum atomic E-state index is 12.3. The molecule has 1 aromatic rings. The van der Waals surface area contributed by atoms with E-state index in [2.05, 4.69) is 0 Å². The monoisotopic (exact) mass is 274 g/mol. The van der Waals surface area contributed by atoms with Gasteiger partial charge in [0.1, 0.15) is 13.1 Å². The number of para-hydroxylation sites is 1. The van der Waals surface area contributed by atoms with E-state index in [1.165, 1.54) is 4.90 Å². The highest BCUT2D eigenvalue weighted by Gasteiger charge is 2.41. The number of thiocarbonyl (C=S) groups is 1. The molecule has 2 rings (SSSR count). The van der Waals surface area contributed by atoms with E-state index in [1.54, 1.807) is 30.3 Å². The molecule has 1 heterocycles. The van der Waals surface area contributed by atoms with Crippen LogP contribution in [0.15, 0.2) is 30.3 Å². The minimum absolute atomic E-state index is 0.108. The molecule has 1 aliphatic rings. The summed E-state index contributed by atoms with van der Waals surface area (Å²) in [6.07, 6.45) is -4.45. The standard InChI is InChI=1S/C11H9F3N2OS/c12-11(13,14)7-16-9(17)6-15(10(16)18)8-4-2-1-3-5-8/h1-5H,6-7H2. The quantitative estimate of drug-likeness (QED) is 0.772. The summed E-state index contributed by atoms with van der Waals surface area (Å²) < 4.78 is 36.9. The first-order valence-electron chi connectivity index (χ1n) is 5.12. The van der Waals surface area contributed by atoms with Crippen molar-refractivity contribution >= 4 is 28.9 Å². The molecule has 96 valence electrons. The van der Waals surface area contributed by atoms with Gasteiger partial charge in [0, 0.05) is 5.69 Å². The number of halogens is 3. The van der Waals surface area contributed by atoms with Gasteiger partial charge in [-0.25, -0.2) is 0 Å². The van der Waals surface area contributed by atoms with Crippen LogP contribution in [0.3, 0.4) is 0 Å². The lowest BCUT2D eigenvalue weighted by molar-refractivity contribution is -0.150. The van der Waals surface area contributed by atoms with E-state index in [9.17, 15) is 18.0 Å². The molecule has 18 heavy (non-hydrogen) atoms. The molecule has 1 amide bonds. The molecule has 0 aliphatic carbocycles. The Balaban J connectivity index is 2.20. The van der Waals surface area contributed by atoms with Gasteiger partial charge in [0.2, 0.25) is 5.91 Å². The van der Waals surface area contributed by atoms with Gasteiger partial charge in [-0.15, -0.1) is 0 Å². The van der Waals surface area contributed by atoms with Crippen molar-refractivity contribution in [3.8, 4) is 0 Å². The minimum Gasteiger partial charge on any atom is -0.309 e. The van der Waals surface area contributed by atoms with Gasteiger partial charge in [0.05, 0.1) is 0 Å². The summed E-state index contributed by atoms with van der Waals surface area (Å²) in [5.41, 5.74) is 0.612. The zero-order valence-electron chi connectivity index (χ0n) is 9.15. The number of anilines is 1. The maximum Gasteiger partial charge on any atom is 0.406 e. The van der Waals surface area contributed by atoms with Crippen molar-refractivity contribution in [3.63, 3.8) is 0 Å². The van der Waals surface area contributed by atoms with Gasteiger partial charge in [-0.2, -0.15) is 13.2 Å². The van der Waals surface area contributed by atoms with E-state index in [0.29, 0.717) is 10.6 Å². The Morgan fingerprint density at radius 1 is 1.22 bits per heavy atom. The second-order valence-corrected chi connectivity index (χ2v) is 4.16. The third kappa shape index (κ3) is 2.61. The summed E-state index contributed by atoms with van der Waals surface area (Å²) in [6.45, 7) is -1.49. The average molecular weight is 274 g/mol. The number of rotatable bonds is 2.